The molecule has 4 nitrogen and oxygen atoms in total. The Hall–Kier alpha value is -1.23. The molecule has 0 aliphatic rings. The minimum Gasteiger partial charge on any atom is -0.416 e. The van der Waals surface area contributed by atoms with Crippen LogP contribution in [-0.4, -0.2) is 17.2 Å². The summed E-state index contributed by atoms with van der Waals surface area (Å²) in [5, 5.41) is 0.687. The third kappa shape index (κ3) is 1.84. The number of thiazole rings is 1. The molecule has 0 radical (unpaired) electrons. The number of carbonyl (C=O) groups is 2. The standard InChI is InChI=1S/C6H5NO3S/c1-4(9)6-7-2-5(11-6)10-3-8/h2-3H,1H3. The summed E-state index contributed by atoms with van der Waals surface area (Å²) in [5.74, 6) is -0.129. The first-order valence-electron chi connectivity index (χ1n) is 2.81. The van der Waals surface area contributed by atoms with Crippen LogP contribution < -0.4 is 4.74 Å². The topological polar surface area (TPSA) is 56.3 Å². The van der Waals surface area contributed by atoms with Crippen LogP contribution >= 0.6 is 11.3 Å². The Morgan fingerprint density at radius 1 is 1.82 bits per heavy atom. The van der Waals surface area contributed by atoms with Crippen molar-refractivity contribution in [2.75, 3.05) is 0 Å². The molecule has 1 heterocycles. The Morgan fingerprint density at radius 3 is 3.00 bits per heavy atom. The Balaban J connectivity index is 2.81. The fraction of sp³-hybridized carbons (Fsp3) is 0.167. The van der Waals surface area contributed by atoms with Gasteiger partial charge in [-0.15, -0.1) is 0 Å². The van der Waals surface area contributed by atoms with Crippen molar-refractivity contribution in [3.63, 3.8) is 0 Å². The van der Waals surface area contributed by atoms with Crippen LogP contribution in [0, 0.1) is 0 Å². The van der Waals surface area contributed by atoms with E-state index >= 15 is 0 Å². The maximum atomic E-state index is 10.7. The molecular weight excluding hydrogens is 166 g/mol. The molecule has 0 fully saturated rings. The molecule has 0 saturated carbocycles. The molecule has 0 aromatic carbocycles. The molecular formula is C6H5NO3S. The van der Waals surface area contributed by atoms with Gasteiger partial charge < -0.3 is 4.74 Å². The number of ether oxygens (including phenoxy) is 1. The number of hydrogen-bond donors (Lipinski definition) is 0. The van der Waals surface area contributed by atoms with E-state index in [9.17, 15) is 9.59 Å². The number of carbonyl (C=O) groups excluding carboxylic acids is 2. The van der Waals surface area contributed by atoms with Gasteiger partial charge in [0.1, 0.15) is 0 Å². The zero-order valence-electron chi connectivity index (χ0n) is 5.73. The molecule has 58 valence electrons. The highest BCUT2D eigenvalue weighted by molar-refractivity contribution is 7.15. The van der Waals surface area contributed by atoms with Crippen molar-refractivity contribution in [2.45, 2.75) is 6.92 Å². The summed E-state index contributed by atoms with van der Waals surface area (Å²) < 4.78 is 4.46. The van der Waals surface area contributed by atoms with Crippen molar-refractivity contribution in [1.29, 1.82) is 0 Å². The van der Waals surface area contributed by atoms with Gasteiger partial charge in [0.25, 0.3) is 6.47 Å². The molecule has 0 aliphatic heterocycles. The van der Waals surface area contributed by atoms with Crippen molar-refractivity contribution in [1.82, 2.24) is 4.98 Å². The van der Waals surface area contributed by atoms with E-state index < -0.39 is 0 Å². The van der Waals surface area contributed by atoms with Gasteiger partial charge in [-0.1, -0.05) is 11.3 Å². The highest BCUT2D eigenvalue weighted by Crippen LogP contribution is 2.20. The lowest BCUT2D eigenvalue weighted by molar-refractivity contribution is -0.120. The summed E-state index contributed by atoms with van der Waals surface area (Å²) in [5.41, 5.74) is 0. The third-order valence-electron chi connectivity index (χ3n) is 0.950. The minimum absolute atomic E-state index is 0.129. The van der Waals surface area contributed by atoms with Gasteiger partial charge in [-0.2, -0.15) is 0 Å². The molecule has 0 amide bonds. The predicted molar refractivity (Wildman–Crippen MR) is 38.8 cm³/mol. The lowest BCUT2D eigenvalue weighted by Crippen LogP contribution is -1.87. The fourth-order valence-corrected chi connectivity index (χ4v) is 1.16. The highest BCUT2D eigenvalue weighted by Gasteiger charge is 2.05. The highest BCUT2D eigenvalue weighted by atomic mass is 32.1. The molecule has 1 aromatic rings. The van der Waals surface area contributed by atoms with Crippen LogP contribution in [0.3, 0.4) is 0 Å². The van der Waals surface area contributed by atoms with Crippen molar-refractivity contribution >= 4 is 23.6 Å². The lowest BCUT2D eigenvalue weighted by Gasteiger charge is -1.84. The van der Waals surface area contributed by atoms with E-state index in [1.807, 2.05) is 0 Å². The van der Waals surface area contributed by atoms with Gasteiger partial charge in [0.2, 0.25) is 5.06 Å². The summed E-state index contributed by atoms with van der Waals surface area (Å²) in [6.07, 6.45) is 1.34. The summed E-state index contributed by atoms with van der Waals surface area (Å²) in [7, 11) is 0. The van der Waals surface area contributed by atoms with Crippen LogP contribution in [-0.2, 0) is 4.79 Å². The Bertz CT molecular complexity index is 281. The van der Waals surface area contributed by atoms with E-state index in [1.54, 1.807) is 0 Å². The molecule has 11 heavy (non-hydrogen) atoms. The van der Waals surface area contributed by atoms with Crippen LogP contribution in [0.25, 0.3) is 0 Å². The molecule has 5 heteroatoms. The summed E-state index contributed by atoms with van der Waals surface area (Å²) in [4.78, 5) is 24.2. The zero-order valence-corrected chi connectivity index (χ0v) is 6.55. The number of ketones is 1. The molecule has 0 N–H and O–H groups in total. The van der Waals surface area contributed by atoms with Gasteiger partial charge >= 0.3 is 0 Å². The van der Waals surface area contributed by atoms with Crippen LogP contribution in [0.5, 0.6) is 5.06 Å². The number of aromatic nitrogens is 1. The SMILES string of the molecule is CC(=O)c1ncc(OC=O)s1. The van der Waals surface area contributed by atoms with Crippen molar-refractivity contribution in [3.05, 3.63) is 11.2 Å². The molecule has 0 unspecified atom stereocenters. The number of rotatable bonds is 3. The second-order valence-electron chi connectivity index (χ2n) is 1.75. The zero-order chi connectivity index (χ0) is 8.27. The van der Waals surface area contributed by atoms with E-state index in [0.717, 1.165) is 11.3 Å². The van der Waals surface area contributed by atoms with Crippen molar-refractivity contribution < 1.29 is 14.3 Å². The summed E-state index contributed by atoms with van der Waals surface area (Å²) in [6, 6.07) is 0. The first kappa shape index (κ1) is 7.87. The van der Waals surface area contributed by atoms with Crippen LogP contribution in [0.4, 0.5) is 0 Å². The normalized spacial score (nSPS) is 9.18. The first-order chi connectivity index (χ1) is 5.24. The minimum atomic E-state index is -0.129. The maximum Gasteiger partial charge on any atom is 0.299 e. The molecule has 1 aromatic heterocycles. The fourth-order valence-electron chi connectivity index (χ4n) is 0.524. The van der Waals surface area contributed by atoms with E-state index in [0.29, 0.717) is 16.5 Å². The molecule has 0 saturated heterocycles. The van der Waals surface area contributed by atoms with Crippen molar-refractivity contribution in [2.24, 2.45) is 0 Å². The third-order valence-corrected chi connectivity index (χ3v) is 1.94. The molecule has 0 bridgehead atoms. The van der Waals surface area contributed by atoms with E-state index in [-0.39, 0.29) is 5.78 Å². The largest absolute Gasteiger partial charge is 0.416 e. The van der Waals surface area contributed by atoms with E-state index in [2.05, 4.69) is 9.72 Å². The molecule has 0 aliphatic carbocycles. The summed E-state index contributed by atoms with van der Waals surface area (Å²) in [6.45, 7) is 1.71. The second kappa shape index (κ2) is 3.25. The Labute approximate surface area is 66.8 Å². The molecule has 0 spiro atoms. The second-order valence-corrected chi connectivity index (χ2v) is 2.75. The lowest BCUT2D eigenvalue weighted by atomic mass is 10.5. The van der Waals surface area contributed by atoms with Crippen molar-refractivity contribution in [3.8, 4) is 5.06 Å². The average molecular weight is 171 g/mol. The maximum absolute atomic E-state index is 10.7. The number of nitrogens with zero attached hydrogens (tertiary/aromatic N) is 1. The quantitative estimate of drug-likeness (QED) is 0.500. The first-order valence-corrected chi connectivity index (χ1v) is 3.62. The number of Topliss-reactive ketones (excluding diaryl/α,β-unsaturated/α-hetero) is 1. The monoisotopic (exact) mass is 171 g/mol. The van der Waals surface area contributed by atoms with Crippen LogP contribution in [0.2, 0.25) is 0 Å². The van der Waals surface area contributed by atoms with Gasteiger partial charge in [0.05, 0.1) is 6.20 Å². The van der Waals surface area contributed by atoms with Gasteiger partial charge in [-0.25, -0.2) is 4.98 Å². The smallest absolute Gasteiger partial charge is 0.299 e. The number of hydrogen-bond acceptors (Lipinski definition) is 5. The average Bonchev–Trinajstić information content (AvgIpc) is 2.37. The molecule has 0 atom stereocenters. The Kier molecular flexibility index (Phi) is 2.32. The Morgan fingerprint density at radius 2 is 2.55 bits per heavy atom. The van der Waals surface area contributed by atoms with Crippen LogP contribution in [0.15, 0.2) is 6.20 Å². The van der Waals surface area contributed by atoms with E-state index in [1.165, 1.54) is 13.1 Å². The molecule has 1 rings (SSSR count). The van der Waals surface area contributed by atoms with Gasteiger partial charge in [0, 0.05) is 6.92 Å². The summed E-state index contributed by atoms with van der Waals surface area (Å²) >= 11 is 1.05. The van der Waals surface area contributed by atoms with Gasteiger partial charge in [-0.05, 0) is 0 Å². The van der Waals surface area contributed by atoms with Crippen LogP contribution in [0.1, 0.15) is 16.7 Å². The van der Waals surface area contributed by atoms with E-state index in [4.69, 9.17) is 0 Å². The van der Waals surface area contributed by atoms with Gasteiger partial charge in [0.15, 0.2) is 10.8 Å². The van der Waals surface area contributed by atoms with Gasteiger partial charge in [-0.3, -0.25) is 9.59 Å². The predicted octanol–water partition coefficient (Wildman–Crippen LogP) is 0.881.